The van der Waals surface area contributed by atoms with Crippen molar-refractivity contribution in [3.63, 3.8) is 0 Å². The molecule has 6 nitrogen and oxygen atoms in total. The molecule has 0 atom stereocenters. The van der Waals surface area contributed by atoms with Gasteiger partial charge in [0, 0.05) is 5.92 Å². The molecule has 1 radical (unpaired) electrons. The summed E-state index contributed by atoms with van der Waals surface area (Å²) in [5, 5.41) is 7.65. The zero-order chi connectivity index (χ0) is 20.1. The normalized spacial score (nSPS) is 10.7. The number of carbonyl (C=O) groups is 1. The number of hydrogen-bond donors (Lipinski definition) is 0. The van der Waals surface area contributed by atoms with Crippen LogP contribution in [0.5, 0.6) is 0 Å². The van der Waals surface area contributed by atoms with E-state index in [1.165, 1.54) is 29.2 Å². The van der Waals surface area contributed by atoms with Crippen molar-refractivity contribution in [1.29, 1.82) is 0 Å². The van der Waals surface area contributed by atoms with Crippen molar-refractivity contribution < 1.29 is 9.53 Å². The first-order valence-electron chi connectivity index (χ1n) is 9.17. The van der Waals surface area contributed by atoms with Crippen LogP contribution in [0.2, 0.25) is 0 Å². The lowest BCUT2D eigenvalue weighted by atomic mass is 9.85. The summed E-state index contributed by atoms with van der Waals surface area (Å²) in [6.45, 7) is 0. The van der Waals surface area contributed by atoms with Crippen LogP contribution in [0, 0.1) is 0 Å². The van der Waals surface area contributed by atoms with Gasteiger partial charge in [0.25, 0.3) is 0 Å². The van der Waals surface area contributed by atoms with E-state index in [0.717, 1.165) is 5.56 Å². The van der Waals surface area contributed by atoms with Crippen LogP contribution < -0.4 is 5.43 Å². The van der Waals surface area contributed by atoms with Gasteiger partial charge in [-0.2, -0.15) is 0 Å². The second-order valence-corrected chi connectivity index (χ2v) is 6.47. The number of benzene rings is 3. The first-order valence-corrected chi connectivity index (χ1v) is 9.17. The van der Waals surface area contributed by atoms with Gasteiger partial charge in [-0.15, -0.1) is 15.3 Å². The Hall–Kier alpha value is -3.93. The van der Waals surface area contributed by atoms with Crippen molar-refractivity contribution in [2.24, 2.45) is 0 Å². The largest absolute Gasteiger partial charge is 0.464 e. The summed E-state index contributed by atoms with van der Waals surface area (Å²) < 4.78 is 4.65. The molecule has 0 aliphatic heterocycles. The van der Waals surface area contributed by atoms with Crippen LogP contribution >= 0.6 is 0 Å². The summed E-state index contributed by atoms with van der Waals surface area (Å²) in [7, 11) is 1.30. The minimum absolute atomic E-state index is 0.0777. The third-order valence-electron chi connectivity index (χ3n) is 4.56. The lowest BCUT2D eigenvalue weighted by Gasteiger charge is -2.19. The molecule has 1 aromatic heterocycles. The molecular weight excluding hydrogens is 364 g/mol. The van der Waals surface area contributed by atoms with Gasteiger partial charge in [0.2, 0.25) is 0 Å². The van der Waals surface area contributed by atoms with E-state index in [1.807, 2.05) is 54.6 Å². The summed E-state index contributed by atoms with van der Waals surface area (Å²) in [5.41, 5.74) is 8.77. The number of methoxy groups -OCH3 is 1. The van der Waals surface area contributed by atoms with E-state index in [9.17, 15) is 4.79 Å². The zero-order valence-corrected chi connectivity index (χ0v) is 15.8. The highest BCUT2D eigenvalue weighted by Crippen LogP contribution is 2.32. The van der Waals surface area contributed by atoms with E-state index < -0.39 is 5.97 Å². The van der Waals surface area contributed by atoms with Gasteiger partial charge >= 0.3 is 5.97 Å². The molecule has 0 fully saturated rings. The second kappa shape index (κ2) is 8.39. The van der Waals surface area contributed by atoms with Gasteiger partial charge in [0.05, 0.1) is 19.0 Å². The molecule has 0 N–H and O–H groups in total. The minimum Gasteiger partial charge on any atom is -0.464 e. The Bertz CT molecular complexity index is 1050. The number of hydrogen-bond acceptors (Lipinski definition) is 4. The van der Waals surface area contributed by atoms with Crippen molar-refractivity contribution in [2.45, 2.75) is 5.92 Å². The molecule has 3 aromatic carbocycles. The number of nitrogens with zero attached hydrogens (tertiary/aromatic N) is 4. The molecule has 4 rings (SSSR count). The highest BCUT2D eigenvalue weighted by molar-refractivity contribution is 5.86. The summed E-state index contributed by atoms with van der Waals surface area (Å²) in [6.07, 6.45) is 1.43. The topological polar surface area (TPSA) is 71.1 Å². The van der Waals surface area contributed by atoms with Crippen LogP contribution in [0.15, 0.2) is 91.1 Å². The van der Waals surface area contributed by atoms with E-state index in [1.54, 1.807) is 0 Å². The molecule has 1 heterocycles. The molecule has 0 spiro atoms. The van der Waals surface area contributed by atoms with Gasteiger partial charge in [0.15, 0.2) is 5.69 Å². The molecule has 0 aliphatic carbocycles. The fraction of sp³-hybridized carbons (Fsp3) is 0.0870. The smallest absolute Gasteiger partial charge is 0.360 e. The van der Waals surface area contributed by atoms with Gasteiger partial charge in [-0.3, -0.25) is 0 Å². The Balaban J connectivity index is 1.67. The highest BCUT2D eigenvalue weighted by atomic mass is 16.5. The molecule has 6 heteroatoms. The second-order valence-electron chi connectivity index (χ2n) is 6.47. The van der Waals surface area contributed by atoms with Gasteiger partial charge in [-0.05, 0) is 34.0 Å². The number of ether oxygens (including phenoxy) is 1. The zero-order valence-electron chi connectivity index (χ0n) is 15.8. The Kier molecular flexibility index (Phi) is 5.33. The maximum Gasteiger partial charge on any atom is 0.360 e. The maximum atomic E-state index is 11.6. The third kappa shape index (κ3) is 4.16. The minimum atomic E-state index is -0.548. The Morgan fingerprint density at radius 1 is 0.897 bits per heavy atom. The molecular formula is C23H19N4O2. The molecule has 4 aromatic rings. The lowest BCUT2D eigenvalue weighted by molar-refractivity contribution is 0.0594. The van der Waals surface area contributed by atoms with Crippen LogP contribution in [0.25, 0.3) is 0 Å². The standard InChI is InChI=1S/C23H19N4O2/c1-29-23(28)21-16-27(26-24-21)25-20-14-8-13-19(15-20)22(17-9-4-2-5-10-17)18-11-6-3-7-12-18/h2-16,22H,1H3. The van der Waals surface area contributed by atoms with Crippen LogP contribution in [-0.2, 0) is 4.74 Å². The van der Waals surface area contributed by atoms with Crippen LogP contribution in [0.4, 0.5) is 5.69 Å². The summed E-state index contributed by atoms with van der Waals surface area (Å²) in [4.78, 5) is 12.8. The molecule has 0 saturated heterocycles. The van der Waals surface area contributed by atoms with E-state index >= 15 is 0 Å². The van der Waals surface area contributed by atoms with Crippen molar-refractivity contribution in [3.05, 3.63) is 114 Å². The molecule has 0 unspecified atom stereocenters. The number of rotatable bonds is 6. The summed E-state index contributed by atoms with van der Waals surface area (Å²) >= 11 is 0. The molecule has 0 amide bonds. The van der Waals surface area contributed by atoms with Crippen LogP contribution in [-0.4, -0.2) is 28.2 Å². The summed E-state index contributed by atoms with van der Waals surface area (Å²) in [5.74, 6) is -0.470. The van der Waals surface area contributed by atoms with Crippen molar-refractivity contribution >= 4 is 11.7 Å². The lowest BCUT2D eigenvalue weighted by Crippen LogP contribution is -2.10. The third-order valence-corrected chi connectivity index (χ3v) is 4.56. The van der Waals surface area contributed by atoms with Crippen molar-refractivity contribution in [1.82, 2.24) is 20.5 Å². The predicted molar refractivity (Wildman–Crippen MR) is 109 cm³/mol. The number of aromatic nitrogens is 3. The quantitative estimate of drug-likeness (QED) is 0.373. The Labute approximate surface area is 168 Å². The number of carbonyl (C=O) groups excluding carboxylic acids is 1. The average molecular weight is 383 g/mol. The molecule has 29 heavy (non-hydrogen) atoms. The van der Waals surface area contributed by atoms with E-state index in [4.69, 9.17) is 0 Å². The summed E-state index contributed by atoms with van der Waals surface area (Å²) in [6, 6.07) is 28.7. The van der Waals surface area contributed by atoms with Crippen molar-refractivity contribution in [2.75, 3.05) is 7.11 Å². The first-order chi connectivity index (χ1) is 14.2. The van der Waals surface area contributed by atoms with Crippen LogP contribution in [0.3, 0.4) is 0 Å². The van der Waals surface area contributed by atoms with Gasteiger partial charge in [0.1, 0.15) is 0 Å². The van der Waals surface area contributed by atoms with E-state index in [-0.39, 0.29) is 11.6 Å². The molecule has 0 saturated carbocycles. The first kappa shape index (κ1) is 18.4. The van der Waals surface area contributed by atoms with Gasteiger partial charge in [-0.1, -0.05) is 72.8 Å². The van der Waals surface area contributed by atoms with Gasteiger partial charge in [-0.25, -0.2) is 4.79 Å². The van der Waals surface area contributed by atoms with Crippen molar-refractivity contribution in [3.8, 4) is 0 Å². The highest BCUT2D eigenvalue weighted by Gasteiger charge is 2.17. The average Bonchev–Trinajstić information content (AvgIpc) is 3.24. The Morgan fingerprint density at radius 2 is 1.52 bits per heavy atom. The van der Waals surface area contributed by atoms with Crippen LogP contribution in [0.1, 0.15) is 33.1 Å². The number of esters is 1. The molecule has 143 valence electrons. The predicted octanol–water partition coefficient (Wildman–Crippen LogP) is 3.94. The molecule has 0 bridgehead atoms. The van der Waals surface area contributed by atoms with Gasteiger partial charge < -0.3 is 4.74 Å². The Morgan fingerprint density at radius 3 is 2.14 bits per heavy atom. The van der Waals surface area contributed by atoms with E-state index in [0.29, 0.717) is 5.69 Å². The maximum absolute atomic E-state index is 11.6. The fourth-order valence-corrected chi connectivity index (χ4v) is 3.26. The fourth-order valence-electron chi connectivity index (χ4n) is 3.26. The monoisotopic (exact) mass is 383 g/mol. The molecule has 0 aliphatic rings. The SMILES string of the molecule is COC(=O)c1cn([N]c2cccc(C(c3ccccc3)c3ccccc3)c2)nn1. The van der Waals surface area contributed by atoms with E-state index in [2.05, 4.69) is 50.8 Å².